The molecule has 3 aromatic rings. The summed E-state index contributed by atoms with van der Waals surface area (Å²) < 4.78 is 5.41. The number of hydrogen-bond acceptors (Lipinski definition) is 4. The van der Waals surface area contributed by atoms with Crippen molar-refractivity contribution in [1.82, 2.24) is 5.32 Å². The lowest BCUT2D eigenvalue weighted by Gasteiger charge is -2.09. The summed E-state index contributed by atoms with van der Waals surface area (Å²) in [5, 5.41) is 5.76. The number of amides is 2. The zero-order valence-electron chi connectivity index (χ0n) is 18.1. The van der Waals surface area contributed by atoms with Crippen LogP contribution < -0.4 is 16.4 Å². The predicted molar refractivity (Wildman–Crippen MR) is 128 cm³/mol. The van der Waals surface area contributed by atoms with Crippen molar-refractivity contribution in [3.8, 4) is 11.1 Å². The number of anilines is 2. The average molecular weight is 432 g/mol. The smallest absolute Gasteiger partial charge is 0.246 e. The van der Waals surface area contributed by atoms with Gasteiger partial charge in [0, 0.05) is 24.3 Å². The van der Waals surface area contributed by atoms with Crippen molar-refractivity contribution in [3.63, 3.8) is 0 Å². The van der Waals surface area contributed by atoms with Gasteiger partial charge in [0.25, 0.3) is 0 Å². The van der Waals surface area contributed by atoms with Gasteiger partial charge in [-0.2, -0.15) is 0 Å². The molecule has 6 heteroatoms. The van der Waals surface area contributed by atoms with Gasteiger partial charge in [0.15, 0.2) is 0 Å². The van der Waals surface area contributed by atoms with Crippen LogP contribution in [0.15, 0.2) is 78.9 Å². The quantitative estimate of drug-likeness (QED) is 0.310. The molecule has 0 fully saturated rings. The van der Waals surface area contributed by atoms with Gasteiger partial charge in [-0.15, -0.1) is 0 Å². The van der Waals surface area contributed by atoms with Crippen LogP contribution in [0.2, 0.25) is 0 Å². The lowest BCUT2D eigenvalue weighted by molar-refractivity contribution is -0.126. The minimum Gasteiger partial charge on any atom is -0.399 e. The number of unbranched alkanes of at least 4 members (excludes halogenated alkanes) is 1. The van der Waals surface area contributed by atoms with Crippen molar-refractivity contribution in [3.05, 3.63) is 84.4 Å². The van der Waals surface area contributed by atoms with Crippen molar-refractivity contribution >= 4 is 23.2 Å². The highest BCUT2D eigenvalue weighted by molar-refractivity contribution is 5.91. The second-order valence-electron chi connectivity index (χ2n) is 7.54. The molecule has 4 N–H and O–H groups in total. The van der Waals surface area contributed by atoms with Crippen molar-refractivity contribution < 1.29 is 14.3 Å². The first-order valence-corrected chi connectivity index (χ1v) is 10.7. The monoisotopic (exact) mass is 431 g/mol. The van der Waals surface area contributed by atoms with Crippen LogP contribution in [-0.4, -0.2) is 25.0 Å². The fourth-order valence-electron chi connectivity index (χ4n) is 3.20. The fraction of sp³-hybridized carbons (Fsp3) is 0.231. The molecule has 166 valence electrons. The number of carbonyl (C=O) groups excluding carboxylic acids is 2. The first kappa shape index (κ1) is 23.0. The summed E-state index contributed by atoms with van der Waals surface area (Å²) in [7, 11) is 0. The van der Waals surface area contributed by atoms with Crippen molar-refractivity contribution in [1.29, 1.82) is 0 Å². The van der Waals surface area contributed by atoms with E-state index in [2.05, 4.69) is 10.6 Å². The van der Waals surface area contributed by atoms with Gasteiger partial charge in [-0.1, -0.05) is 54.6 Å². The number of carbonyl (C=O) groups is 2. The molecule has 0 unspecified atom stereocenters. The lowest BCUT2D eigenvalue weighted by Crippen LogP contribution is -2.28. The Bertz CT molecular complexity index is 1000. The molecule has 2 amide bonds. The summed E-state index contributed by atoms with van der Waals surface area (Å²) in [5.41, 5.74) is 10.2. The van der Waals surface area contributed by atoms with Crippen LogP contribution in [-0.2, 0) is 20.9 Å². The number of rotatable bonds is 11. The summed E-state index contributed by atoms with van der Waals surface area (Å²) in [5.74, 6) is -0.198. The molecule has 0 radical (unpaired) electrons. The zero-order chi connectivity index (χ0) is 22.6. The lowest BCUT2D eigenvalue weighted by atomic mass is 10.1. The van der Waals surface area contributed by atoms with E-state index in [4.69, 9.17) is 10.5 Å². The molecule has 0 bridgehead atoms. The van der Waals surface area contributed by atoms with Gasteiger partial charge in [0.2, 0.25) is 11.8 Å². The van der Waals surface area contributed by atoms with Crippen LogP contribution in [0.25, 0.3) is 11.1 Å². The molecular weight excluding hydrogens is 402 g/mol. The fourth-order valence-corrected chi connectivity index (χ4v) is 3.20. The Hall–Kier alpha value is -3.64. The summed E-state index contributed by atoms with van der Waals surface area (Å²) in [6.45, 7) is 0.878. The SMILES string of the molecule is Nc1ccc(COCC(=O)NCCCCC(=O)Nc2cccc(-c3ccccc3)c2)cc1. The Balaban J connectivity index is 1.28. The highest BCUT2D eigenvalue weighted by Crippen LogP contribution is 2.22. The molecule has 0 saturated carbocycles. The highest BCUT2D eigenvalue weighted by Gasteiger charge is 2.05. The van der Waals surface area contributed by atoms with E-state index in [-0.39, 0.29) is 18.4 Å². The molecular formula is C26H29N3O3. The number of benzene rings is 3. The van der Waals surface area contributed by atoms with E-state index in [0.29, 0.717) is 31.7 Å². The van der Waals surface area contributed by atoms with Gasteiger partial charge in [-0.25, -0.2) is 0 Å². The molecule has 0 aliphatic heterocycles. The maximum absolute atomic E-state index is 12.2. The van der Waals surface area contributed by atoms with Crippen LogP contribution in [0, 0.1) is 0 Å². The molecule has 3 aromatic carbocycles. The molecule has 0 spiro atoms. The predicted octanol–water partition coefficient (Wildman–Crippen LogP) is 4.38. The van der Waals surface area contributed by atoms with Crippen molar-refractivity contribution in [2.75, 3.05) is 24.2 Å². The Morgan fingerprint density at radius 2 is 1.56 bits per heavy atom. The molecule has 0 aromatic heterocycles. The molecule has 0 saturated heterocycles. The molecule has 32 heavy (non-hydrogen) atoms. The van der Waals surface area contributed by atoms with Crippen LogP contribution in [0.4, 0.5) is 11.4 Å². The third kappa shape index (κ3) is 7.89. The molecule has 3 rings (SSSR count). The Kier molecular flexibility index (Phi) is 8.83. The highest BCUT2D eigenvalue weighted by atomic mass is 16.5. The van der Waals surface area contributed by atoms with Crippen LogP contribution in [0.3, 0.4) is 0 Å². The van der Waals surface area contributed by atoms with E-state index in [1.807, 2.05) is 66.7 Å². The maximum atomic E-state index is 12.2. The van der Waals surface area contributed by atoms with Gasteiger partial charge in [-0.3, -0.25) is 9.59 Å². The summed E-state index contributed by atoms with van der Waals surface area (Å²) in [6, 6.07) is 25.2. The summed E-state index contributed by atoms with van der Waals surface area (Å²) in [4.78, 5) is 24.1. The van der Waals surface area contributed by atoms with Crippen LogP contribution in [0.5, 0.6) is 0 Å². The Labute approximate surface area is 188 Å². The van der Waals surface area contributed by atoms with Gasteiger partial charge in [0.05, 0.1) is 6.61 Å². The van der Waals surface area contributed by atoms with Gasteiger partial charge >= 0.3 is 0 Å². The van der Waals surface area contributed by atoms with Gasteiger partial charge in [0.1, 0.15) is 6.61 Å². The minimum atomic E-state index is -0.164. The topological polar surface area (TPSA) is 93.4 Å². The molecule has 0 heterocycles. The van der Waals surface area contributed by atoms with Crippen molar-refractivity contribution in [2.45, 2.75) is 25.9 Å². The second kappa shape index (κ2) is 12.3. The third-order valence-electron chi connectivity index (χ3n) is 4.89. The molecule has 0 aliphatic carbocycles. The molecule has 6 nitrogen and oxygen atoms in total. The number of nitrogen functional groups attached to an aromatic ring is 1. The van der Waals surface area contributed by atoms with Crippen LogP contribution in [0.1, 0.15) is 24.8 Å². The summed E-state index contributed by atoms with van der Waals surface area (Å²) >= 11 is 0. The number of hydrogen-bond donors (Lipinski definition) is 3. The number of nitrogens with one attached hydrogen (secondary N) is 2. The summed E-state index contributed by atoms with van der Waals surface area (Å²) in [6.07, 6.45) is 1.82. The van der Waals surface area contributed by atoms with E-state index in [9.17, 15) is 9.59 Å². The Morgan fingerprint density at radius 3 is 2.34 bits per heavy atom. The first-order valence-electron chi connectivity index (χ1n) is 10.7. The van der Waals surface area contributed by atoms with Crippen molar-refractivity contribution in [2.24, 2.45) is 0 Å². The Morgan fingerprint density at radius 1 is 0.812 bits per heavy atom. The average Bonchev–Trinajstić information content (AvgIpc) is 2.81. The maximum Gasteiger partial charge on any atom is 0.246 e. The normalized spacial score (nSPS) is 10.5. The van der Waals surface area contributed by atoms with E-state index >= 15 is 0 Å². The van der Waals surface area contributed by atoms with E-state index in [1.165, 1.54) is 0 Å². The zero-order valence-corrected chi connectivity index (χ0v) is 18.1. The largest absolute Gasteiger partial charge is 0.399 e. The first-order chi connectivity index (χ1) is 15.6. The van der Waals surface area contributed by atoms with Gasteiger partial charge < -0.3 is 21.1 Å². The van der Waals surface area contributed by atoms with Crippen LogP contribution >= 0.6 is 0 Å². The standard InChI is InChI=1S/C26H29N3O3/c27-23-14-12-20(13-15-23)18-32-19-26(31)28-16-5-4-11-25(30)29-24-10-6-9-22(17-24)21-7-2-1-3-8-21/h1-3,6-10,12-15,17H,4-5,11,16,18-19,27H2,(H,28,31)(H,29,30). The number of ether oxygens (including phenoxy) is 1. The van der Waals surface area contributed by atoms with E-state index in [0.717, 1.165) is 28.8 Å². The third-order valence-corrected chi connectivity index (χ3v) is 4.89. The second-order valence-corrected chi connectivity index (χ2v) is 7.54. The molecule has 0 aliphatic rings. The molecule has 0 atom stereocenters. The van der Waals surface area contributed by atoms with Gasteiger partial charge in [-0.05, 0) is 53.8 Å². The van der Waals surface area contributed by atoms with E-state index in [1.54, 1.807) is 12.1 Å². The number of nitrogens with two attached hydrogens (primary N) is 1. The minimum absolute atomic E-state index is 0.00260. The van der Waals surface area contributed by atoms with E-state index < -0.39 is 0 Å².